The van der Waals surface area contributed by atoms with Crippen LogP contribution < -0.4 is 10.2 Å². The molecule has 0 saturated heterocycles. The molecule has 0 aliphatic carbocycles. The fourth-order valence-electron chi connectivity index (χ4n) is 1.25. The lowest BCUT2D eigenvalue weighted by atomic mass is 9.98. The third-order valence-corrected chi connectivity index (χ3v) is 1.86. The number of rotatable bonds is 6. The summed E-state index contributed by atoms with van der Waals surface area (Å²) in [4.78, 5) is 21.4. The zero-order chi connectivity index (χ0) is 12.9. The molecule has 0 aromatic rings. The second-order valence-electron chi connectivity index (χ2n) is 3.64. The van der Waals surface area contributed by atoms with Crippen molar-refractivity contribution in [2.45, 2.75) is 38.9 Å². The Morgan fingerprint density at radius 2 is 1.19 bits per heavy atom. The Balaban J connectivity index is 5.26. The van der Waals surface area contributed by atoms with Crippen molar-refractivity contribution in [1.29, 1.82) is 0 Å². The second-order valence-corrected chi connectivity index (χ2v) is 3.64. The molecule has 0 rings (SSSR count). The predicted octanol–water partition coefficient (Wildman–Crippen LogP) is -2.68. The molecule has 0 spiro atoms. The van der Waals surface area contributed by atoms with Crippen LogP contribution in [0.2, 0.25) is 0 Å². The van der Waals surface area contributed by atoms with E-state index in [4.69, 9.17) is 10.2 Å². The first kappa shape index (κ1) is 14.6. The summed E-state index contributed by atoms with van der Waals surface area (Å²) in [7, 11) is 0. The number of carbonyl (C=O) groups is 2. The molecule has 0 amide bonds. The molecule has 0 bridgehead atoms. The smallest absolute Gasteiger partial charge is 0.0679 e. The number of aliphatic hydroxyl groups excluding tert-OH is 2. The molecule has 2 N–H and O–H groups in total. The highest BCUT2D eigenvalue weighted by Gasteiger charge is 2.14. The Morgan fingerprint density at radius 3 is 1.31 bits per heavy atom. The molecule has 0 radical (unpaired) electrons. The topological polar surface area (TPSA) is 121 Å². The van der Waals surface area contributed by atoms with E-state index in [0.29, 0.717) is 0 Å². The maximum atomic E-state index is 10.7. The quantitative estimate of drug-likeness (QED) is 0.480. The van der Waals surface area contributed by atoms with Crippen LogP contribution in [0.1, 0.15) is 26.7 Å². The van der Waals surface area contributed by atoms with Gasteiger partial charge in [0.1, 0.15) is 0 Å². The van der Waals surface area contributed by atoms with Crippen molar-refractivity contribution in [3.8, 4) is 0 Å². The van der Waals surface area contributed by atoms with E-state index < -0.39 is 35.3 Å². The van der Waals surface area contributed by atoms with Crippen molar-refractivity contribution in [3.63, 3.8) is 0 Å². The minimum absolute atomic E-state index is 0.363. The molecule has 92 valence electrons. The summed E-state index contributed by atoms with van der Waals surface area (Å²) in [6.07, 6.45) is -2.76. The van der Waals surface area contributed by atoms with Gasteiger partial charge >= 0.3 is 0 Å². The number of aliphatic hydroxyl groups is 2. The zero-order valence-electron chi connectivity index (χ0n) is 9.10. The standard InChI is InChI=1S/C10H16O6/c1-5(11)3-7(9(13)14)8(10(15)16)4-6(2)12/h5-6,11-12H,3-4H2,1-2H3,(H,13,14)(H,15,16)/p-2/b8-7-. The summed E-state index contributed by atoms with van der Waals surface area (Å²) in [6.45, 7) is 2.64. The largest absolute Gasteiger partial charge is 0.545 e. The van der Waals surface area contributed by atoms with E-state index in [9.17, 15) is 19.8 Å². The van der Waals surface area contributed by atoms with Crippen molar-refractivity contribution in [2.75, 3.05) is 0 Å². The van der Waals surface area contributed by atoms with Gasteiger partial charge in [-0.25, -0.2) is 0 Å². The first-order chi connectivity index (χ1) is 7.25. The molecule has 2 atom stereocenters. The monoisotopic (exact) mass is 230 g/mol. The molecular formula is C10H14O6-2. The second kappa shape index (κ2) is 6.24. The number of carboxylic acid groups (broad SMARTS) is 2. The van der Waals surface area contributed by atoms with E-state index in [1.54, 1.807) is 0 Å². The van der Waals surface area contributed by atoms with Crippen LogP contribution in [0.5, 0.6) is 0 Å². The SMILES string of the molecule is CC(O)C/C(C(=O)[O-])=C(\CC(C)O)C(=O)[O-]. The number of carboxylic acids is 2. The highest BCUT2D eigenvalue weighted by molar-refractivity contribution is 5.97. The van der Waals surface area contributed by atoms with Gasteiger partial charge in [0.2, 0.25) is 0 Å². The van der Waals surface area contributed by atoms with Gasteiger partial charge < -0.3 is 30.0 Å². The summed E-state index contributed by atoms with van der Waals surface area (Å²) in [6, 6.07) is 0. The fourth-order valence-corrected chi connectivity index (χ4v) is 1.25. The molecule has 0 aromatic carbocycles. The van der Waals surface area contributed by atoms with Crippen molar-refractivity contribution in [2.24, 2.45) is 0 Å². The maximum Gasteiger partial charge on any atom is 0.0679 e. The molecule has 0 fully saturated rings. The molecule has 0 aliphatic heterocycles. The van der Waals surface area contributed by atoms with Crippen molar-refractivity contribution in [1.82, 2.24) is 0 Å². The zero-order valence-corrected chi connectivity index (χ0v) is 9.10. The van der Waals surface area contributed by atoms with Crippen molar-refractivity contribution in [3.05, 3.63) is 11.1 Å². The maximum absolute atomic E-state index is 10.7. The Hall–Kier alpha value is -1.40. The molecule has 0 saturated carbocycles. The highest BCUT2D eigenvalue weighted by atomic mass is 16.4. The van der Waals surface area contributed by atoms with Gasteiger partial charge in [-0.2, -0.15) is 0 Å². The van der Waals surface area contributed by atoms with E-state index in [1.807, 2.05) is 0 Å². The van der Waals surface area contributed by atoms with E-state index in [0.717, 1.165) is 0 Å². The lowest BCUT2D eigenvalue weighted by Gasteiger charge is -2.19. The molecule has 2 unspecified atom stereocenters. The van der Waals surface area contributed by atoms with E-state index in [1.165, 1.54) is 13.8 Å². The van der Waals surface area contributed by atoms with Crippen LogP contribution >= 0.6 is 0 Å². The van der Waals surface area contributed by atoms with Crippen LogP contribution in [0.15, 0.2) is 11.1 Å². The average Bonchev–Trinajstić information content (AvgIpc) is 2.09. The van der Waals surface area contributed by atoms with E-state index in [-0.39, 0.29) is 12.8 Å². The van der Waals surface area contributed by atoms with Gasteiger partial charge in [-0.1, -0.05) is 0 Å². The van der Waals surface area contributed by atoms with Crippen LogP contribution in [0.3, 0.4) is 0 Å². The summed E-state index contributed by atoms with van der Waals surface area (Å²) in [5.74, 6) is -3.36. The lowest BCUT2D eigenvalue weighted by molar-refractivity contribution is -0.304. The summed E-state index contributed by atoms with van der Waals surface area (Å²) < 4.78 is 0. The molecule has 0 heterocycles. The van der Waals surface area contributed by atoms with Gasteiger partial charge in [-0.05, 0) is 25.0 Å². The summed E-state index contributed by atoms with van der Waals surface area (Å²) in [5, 5.41) is 39.5. The number of hydrogen-bond donors (Lipinski definition) is 2. The first-order valence-electron chi connectivity index (χ1n) is 4.76. The van der Waals surface area contributed by atoms with Crippen LogP contribution in [0, 0.1) is 0 Å². The lowest BCUT2D eigenvalue weighted by Crippen LogP contribution is -2.34. The van der Waals surface area contributed by atoms with Gasteiger partial charge in [-0.15, -0.1) is 0 Å². The van der Waals surface area contributed by atoms with Gasteiger partial charge in [0.25, 0.3) is 0 Å². The Morgan fingerprint density at radius 1 is 0.938 bits per heavy atom. The van der Waals surface area contributed by atoms with Crippen LogP contribution in [-0.4, -0.2) is 34.4 Å². The van der Waals surface area contributed by atoms with Crippen molar-refractivity contribution < 1.29 is 30.0 Å². The van der Waals surface area contributed by atoms with Gasteiger partial charge in [-0.3, -0.25) is 0 Å². The normalized spacial score (nSPS) is 16.2. The average molecular weight is 230 g/mol. The van der Waals surface area contributed by atoms with E-state index in [2.05, 4.69) is 0 Å². The highest BCUT2D eigenvalue weighted by Crippen LogP contribution is 2.15. The molecule has 6 nitrogen and oxygen atoms in total. The Labute approximate surface area is 92.8 Å². The third-order valence-electron chi connectivity index (χ3n) is 1.86. The molecule has 0 aliphatic rings. The number of hydrogen-bond acceptors (Lipinski definition) is 6. The van der Waals surface area contributed by atoms with Crippen LogP contribution in [-0.2, 0) is 9.59 Å². The summed E-state index contributed by atoms with van der Waals surface area (Å²) >= 11 is 0. The first-order valence-corrected chi connectivity index (χ1v) is 4.76. The van der Waals surface area contributed by atoms with Crippen LogP contribution in [0.25, 0.3) is 0 Å². The van der Waals surface area contributed by atoms with Gasteiger partial charge in [0.05, 0.1) is 24.1 Å². The fraction of sp³-hybridized carbons (Fsp3) is 0.600. The number of carbonyl (C=O) groups excluding carboxylic acids is 2. The van der Waals surface area contributed by atoms with Crippen LogP contribution in [0.4, 0.5) is 0 Å². The molecule has 6 heteroatoms. The summed E-state index contributed by atoms with van der Waals surface area (Å²) in [5.41, 5.74) is -1.09. The van der Waals surface area contributed by atoms with Gasteiger partial charge in [0, 0.05) is 12.8 Å². The Kier molecular flexibility index (Phi) is 5.69. The van der Waals surface area contributed by atoms with E-state index >= 15 is 0 Å². The molecular weight excluding hydrogens is 216 g/mol. The number of aliphatic carboxylic acids is 2. The minimum Gasteiger partial charge on any atom is -0.545 e. The van der Waals surface area contributed by atoms with Gasteiger partial charge in [0.15, 0.2) is 0 Å². The van der Waals surface area contributed by atoms with Crippen molar-refractivity contribution >= 4 is 11.9 Å². The minimum atomic E-state index is -1.68. The Bertz CT molecular complexity index is 272. The predicted molar refractivity (Wildman–Crippen MR) is 49.6 cm³/mol. The third kappa shape index (κ3) is 4.90. The molecule has 0 aromatic heterocycles. The molecule has 16 heavy (non-hydrogen) atoms.